The second-order valence-corrected chi connectivity index (χ2v) is 5.11. The topological polar surface area (TPSA) is 29.9 Å². The highest BCUT2D eigenvalue weighted by molar-refractivity contribution is 5.80. The maximum Gasteiger partial charge on any atom is 0.140 e. The lowest BCUT2D eigenvalue weighted by atomic mass is 10.2. The molecular formula is C16H25N3. The molecule has 0 aliphatic rings. The zero-order chi connectivity index (χ0) is 13.5. The number of rotatable bonds is 8. The number of pyridine rings is 1. The van der Waals surface area contributed by atoms with Gasteiger partial charge in [0.15, 0.2) is 0 Å². The Morgan fingerprint density at radius 2 is 2.11 bits per heavy atom. The van der Waals surface area contributed by atoms with E-state index in [9.17, 15) is 0 Å². The third-order valence-electron chi connectivity index (χ3n) is 3.46. The van der Waals surface area contributed by atoms with Crippen molar-refractivity contribution in [2.24, 2.45) is 0 Å². The van der Waals surface area contributed by atoms with Gasteiger partial charge in [-0.3, -0.25) is 0 Å². The molecule has 0 aliphatic carbocycles. The van der Waals surface area contributed by atoms with Crippen LogP contribution in [0.4, 0.5) is 0 Å². The van der Waals surface area contributed by atoms with Gasteiger partial charge in [0.05, 0.1) is 0 Å². The van der Waals surface area contributed by atoms with Crippen molar-refractivity contribution < 1.29 is 0 Å². The van der Waals surface area contributed by atoms with Crippen molar-refractivity contribution in [3.63, 3.8) is 0 Å². The van der Waals surface area contributed by atoms with E-state index in [1.807, 2.05) is 12.3 Å². The van der Waals surface area contributed by atoms with Crippen LogP contribution in [0.2, 0.25) is 0 Å². The first kappa shape index (κ1) is 14.1. The maximum atomic E-state index is 4.54. The van der Waals surface area contributed by atoms with Crippen molar-refractivity contribution in [2.75, 3.05) is 6.54 Å². The van der Waals surface area contributed by atoms with Crippen LogP contribution in [-0.2, 0) is 13.1 Å². The molecule has 0 unspecified atom stereocenters. The normalized spacial score (nSPS) is 11.3. The van der Waals surface area contributed by atoms with Crippen molar-refractivity contribution in [2.45, 2.75) is 52.6 Å². The van der Waals surface area contributed by atoms with Crippen molar-refractivity contribution in [1.29, 1.82) is 0 Å². The third kappa shape index (κ3) is 3.57. The second kappa shape index (κ2) is 7.29. The van der Waals surface area contributed by atoms with Gasteiger partial charge in [0, 0.05) is 30.9 Å². The predicted molar refractivity (Wildman–Crippen MR) is 81.3 cm³/mol. The first-order valence-electron chi connectivity index (χ1n) is 7.50. The molecule has 0 aliphatic heterocycles. The van der Waals surface area contributed by atoms with E-state index in [2.05, 4.69) is 41.0 Å². The van der Waals surface area contributed by atoms with E-state index < -0.39 is 0 Å². The fourth-order valence-electron chi connectivity index (χ4n) is 2.44. The van der Waals surface area contributed by atoms with Gasteiger partial charge in [-0.1, -0.05) is 26.7 Å². The quantitative estimate of drug-likeness (QED) is 0.732. The van der Waals surface area contributed by atoms with Crippen molar-refractivity contribution in [3.05, 3.63) is 30.1 Å². The minimum atomic E-state index is 0.941. The average molecular weight is 259 g/mol. The lowest BCUT2D eigenvalue weighted by Crippen LogP contribution is -2.13. The number of aromatic nitrogens is 2. The molecular weight excluding hydrogens is 234 g/mol. The summed E-state index contributed by atoms with van der Waals surface area (Å²) in [5.74, 6) is 0. The van der Waals surface area contributed by atoms with E-state index in [1.165, 1.54) is 36.6 Å². The van der Waals surface area contributed by atoms with Gasteiger partial charge in [-0.05, 0) is 37.1 Å². The van der Waals surface area contributed by atoms with Gasteiger partial charge < -0.3 is 9.88 Å². The monoisotopic (exact) mass is 259 g/mol. The SMILES string of the molecule is CCCCCn1cc(CNCCC)c2cccnc21. The molecule has 0 atom stereocenters. The van der Waals surface area contributed by atoms with Gasteiger partial charge in [0.25, 0.3) is 0 Å². The molecule has 0 amide bonds. The molecule has 0 fully saturated rings. The first-order valence-corrected chi connectivity index (χ1v) is 7.50. The zero-order valence-corrected chi connectivity index (χ0v) is 12.2. The van der Waals surface area contributed by atoms with Crippen LogP contribution in [0.1, 0.15) is 45.1 Å². The van der Waals surface area contributed by atoms with E-state index in [1.54, 1.807) is 0 Å². The van der Waals surface area contributed by atoms with Crippen molar-refractivity contribution >= 4 is 11.0 Å². The molecule has 1 N–H and O–H groups in total. The van der Waals surface area contributed by atoms with Gasteiger partial charge in [-0.25, -0.2) is 4.98 Å². The molecule has 0 spiro atoms. The molecule has 0 aromatic carbocycles. The first-order chi connectivity index (χ1) is 9.36. The molecule has 19 heavy (non-hydrogen) atoms. The fraction of sp³-hybridized carbons (Fsp3) is 0.562. The summed E-state index contributed by atoms with van der Waals surface area (Å²) in [4.78, 5) is 4.54. The Hall–Kier alpha value is -1.35. The Morgan fingerprint density at radius 1 is 1.21 bits per heavy atom. The van der Waals surface area contributed by atoms with Crippen LogP contribution in [-0.4, -0.2) is 16.1 Å². The Balaban J connectivity index is 2.16. The molecule has 0 saturated heterocycles. The molecule has 0 radical (unpaired) electrons. The number of hydrogen-bond donors (Lipinski definition) is 1. The number of nitrogens with one attached hydrogen (secondary N) is 1. The van der Waals surface area contributed by atoms with Gasteiger partial charge in [-0.2, -0.15) is 0 Å². The number of aryl methyl sites for hydroxylation is 1. The molecule has 104 valence electrons. The highest BCUT2D eigenvalue weighted by atomic mass is 15.0. The Bertz CT molecular complexity index is 458. The van der Waals surface area contributed by atoms with Gasteiger partial charge in [0.2, 0.25) is 0 Å². The smallest absolute Gasteiger partial charge is 0.140 e. The summed E-state index contributed by atoms with van der Waals surface area (Å²) in [6.45, 7) is 7.53. The molecule has 2 aromatic rings. The molecule has 0 saturated carbocycles. The average Bonchev–Trinajstić information content (AvgIpc) is 2.79. The molecule has 2 rings (SSSR count). The maximum absolute atomic E-state index is 4.54. The van der Waals surface area contributed by atoms with E-state index in [4.69, 9.17) is 0 Å². The van der Waals surface area contributed by atoms with Crippen LogP contribution in [0, 0.1) is 0 Å². The van der Waals surface area contributed by atoms with Crippen LogP contribution in [0.15, 0.2) is 24.5 Å². The minimum Gasteiger partial charge on any atom is -0.332 e. The Morgan fingerprint density at radius 3 is 2.89 bits per heavy atom. The van der Waals surface area contributed by atoms with E-state index in [0.717, 1.165) is 25.3 Å². The number of unbranched alkanes of at least 4 members (excludes halogenated alkanes) is 2. The predicted octanol–water partition coefficient (Wildman–Crippen LogP) is 3.73. The van der Waals surface area contributed by atoms with Gasteiger partial charge >= 0.3 is 0 Å². The lowest BCUT2D eigenvalue weighted by Gasteiger charge is -2.03. The van der Waals surface area contributed by atoms with Crippen molar-refractivity contribution in [3.8, 4) is 0 Å². The summed E-state index contributed by atoms with van der Waals surface area (Å²) < 4.78 is 2.31. The van der Waals surface area contributed by atoms with Gasteiger partial charge in [-0.15, -0.1) is 0 Å². The van der Waals surface area contributed by atoms with Crippen LogP contribution < -0.4 is 5.32 Å². The Kier molecular flexibility index (Phi) is 5.40. The van der Waals surface area contributed by atoms with Crippen LogP contribution in [0.3, 0.4) is 0 Å². The molecule has 3 nitrogen and oxygen atoms in total. The van der Waals surface area contributed by atoms with Crippen molar-refractivity contribution in [1.82, 2.24) is 14.9 Å². The summed E-state index contributed by atoms with van der Waals surface area (Å²) in [6, 6.07) is 4.21. The summed E-state index contributed by atoms with van der Waals surface area (Å²) in [6.07, 6.45) is 9.12. The van der Waals surface area contributed by atoms with E-state index >= 15 is 0 Å². The third-order valence-corrected chi connectivity index (χ3v) is 3.46. The minimum absolute atomic E-state index is 0.941. The summed E-state index contributed by atoms with van der Waals surface area (Å²) >= 11 is 0. The summed E-state index contributed by atoms with van der Waals surface area (Å²) in [5.41, 5.74) is 2.50. The number of fused-ring (bicyclic) bond motifs is 1. The van der Waals surface area contributed by atoms with E-state index in [0.29, 0.717) is 0 Å². The summed E-state index contributed by atoms with van der Waals surface area (Å²) in [5, 5.41) is 4.78. The summed E-state index contributed by atoms with van der Waals surface area (Å²) in [7, 11) is 0. The molecule has 3 heteroatoms. The molecule has 2 aromatic heterocycles. The van der Waals surface area contributed by atoms with Crippen LogP contribution >= 0.6 is 0 Å². The molecule has 2 heterocycles. The highest BCUT2D eigenvalue weighted by Gasteiger charge is 2.08. The van der Waals surface area contributed by atoms with Crippen LogP contribution in [0.25, 0.3) is 11.0 Å². The van der Waals surface area contributed by atoms with Crippen LogP contribution in [0.5, 0.6) is 0 Å². The highest BCUT2D eigenvalue weighted by Crippen LogP contribution is 2.20. The zero-order valence-electron chi connectivity index (χ0n) is 12.2. The number of hydrogen-bond acceptors (Lipinski definition) is 2. The fourth-order valence-corrected chi connectivity index (χ4v) is 2.44. The van der Waals surface area contributed by atoms with Gasteiger partial charge in [0.1, 0.15) is 5.65 Å². The Labute approximate surface area is 116 Å². The lowest BCUT2D eigenvalue weighted by molar-refractivity contribution is 0.610. The van der Waals surface area contributed by atoms with E-state index in [-0.39, 0.29) is 0 Å². The standard InChI is InChI=1S/C16H25N3/c1-3-5-6-11-19-13-14(12-17-9-4-2)15-8-7-10-18-16(15)19/h7-8,10,13,17H,3-6,9,11-12H2,1-2H3. The number of nitrogens with zero attached hydrogens (tertiary/aromatic N) is 2. The second-order valence-electron chi connectivity index (χ2n) is 5.11. The molecule has 0 bridgehead atoms. The largest absolute Gasteiger partial charge is 0.332 e.